The Hall–Kier alpha value is -1.02. The van der Waals surface area contributed by atoms with Crippen molar-refractivity contribution in [3.8, 4) is 0 Å². The van der Waals surface area contributed by atoms with Crippen LogP contribution in [0.25, 0.3) is 0 Å². The highest BCUT2D eigenvalue weighted by Crippen LogP contribution is 2.67. The van der Waals surface area contributed by atoms with Crippen LogP contribution >= 0.6 is 23.1 Å². The second-order valence-electron chi connectivity index (χ2n) is 12.9. The lowest BCUT2D eigenvalue weighted by Gasteiger charge is -2.60. The zero-order chi connectivity index (χ0) is 25.4. The van der Waals surface area contributed by atoms with Crippen LogP contribution in [0.4, 0.5) is 0 Å². The molecule has 0 saturated heterocycles. The summed E-state index contributed by atoms with van der Waals surface area (Å²) in [5.41, 5.74) is -0.0122. The topological polar surface area (TPSA) is 87.5 Å². The third kappa shape index (κ3) is 3.91. The minimum atomic E-state index is -1.42. The molecule has 1 aromatic rings. The smallest absolute Gasteiger partial charge is 0.175 e. The van der Waals surface area contributed by atoms with Crippen LogP contribution in [0.1, 0.15) is 85.3 Å². The molecule has 7 atom stereocenters. The summed E-state index contributed by atoms with van der Waals surface area (Å²) in [7, 11) is 0. The third-order valence-corrected chi connectivity index (χ3v) is 12.1. The van der Waals surface area contributed by atoms with Crippen LogP contribution < -0.4 is 0 Å². The molecule has 192 valence electrons. The van der Waals surface area contributed by atoms with Gasteiger partial charge in [-0.2, -0.15) is 0 Å². The van der Waals surface area contributed by atoms with Crippen LogP contribution in [0, 0.1) is 28.6 Å². The molecule has 0 bridgehead atoms. The van der Waals surface area contributed by atoms with E-state index >= 15 is 0 Å². The van der Waals surface area contributed by atoms with E-state index in [0.29, 0.717) is 19.3 Å². The normalized spacial score (nSPS) is 41.1. The number of thiazole rings is 1. The lowest BCUT2D eigenvalue weighted by atomic mass is 9.45. The number of carbonyl (C=O) groups is 2. The second-order valence-corrected chi connectivity index (χ2v) is 15.0. The van der Waals surface area contributed by atoms with Crippen LogP contribution in [0.15, 0.2) is 21.4 Å². The maximum atomic E-state index is 13.6. The maximum Gasteiger partial charge on any atom is 0.175 e. The van der Waals surface area contributed by atoms with E-state index in [9.17, 15) is 19.8 Å². The first kappa shape index (κ1) is 25.6. The van der Waals surface area contributed by atoms with Gasteiger partial charge in [0.25, 0.3) is 0 Å². The van der Waals surface area contributed by atoms with E-state index in [-0.39, 0.29) is 45.9 Å². The minimum Gasteiger partial charge on any atom is -0.393 e. The first-order valence-corrected chi connectivity index (χ1v) is 14.9. The molecule has 3 saturated carbocycles. The number of ketones is 2. The number of aromatic nitrogens is 1. The van der Waals surface area contributed by atoms with Crippen LogP contribution in [0.5, 0.6) is 0 Å². The molecule has 1 heterocycles. The number of Topliss-reactive ketones (excluding diaryl/α,β-unsaturated/α-hetero) is 1. The Balaban J connectivity index is 1.36. The fourth-order valence-corrected chi connectivity index (χ4v) is 10.1. The molecule has 0 amide bonds. The summed E-state index contributed by atoms with van der Waals surface area (Å²) < 4.78 is 0.863. The molecule has 4 aliphatic rings. The van der Waals surface area contributed by atoms with Gasteiger partial charge in [0.05, 0.1) is 17.6 Å². The number of hydrogen-bond acceptors (Lipinski definition) is 7. The third-order valence-electron chi connectivity index (χ3n) is 10.1. The first-order chi connectivity index (χ1) is 16.3. The first-order valence-electron chi connectivity index (χ1n) is 13.1. The van der Waals surface area contributed by atoms with Crippen LogP contribution in [0.3, 0.4) is 0 Å². The molecular weight excluding hydrogens is 478 g/mol. The van der Waals surface area contributed by atoms with Gasteiger partial charge in [-0.25, -0.2) is 4.98 Å². The molecule has 4 aliphatic carbocycles. The van der Waals surface area contributed by atoms with Crippen molar-refractivity contribution in [2.75, 3.05) is 5.75 Å². The molecule has 6 unspecified atom stereocenters. The average molecular weight is 518 g/mol. The number of thioether (sulfide) groups is 1. The summed E-state index contributed by atoms with van der Waals surface area (Å²) in [6.07, 6.45) is 6.12. The van der Waals surface area contributed by atoms with E-state index in [2.05, 4.69) is 33.1 Å². The van der Waals surface area contributed by atoms with Gasteiger partial charge in [0.2, 0.25) is 0 Å². The highest BCUT2D eigenvalue weighted by molar-refractivity contribution is 8.01. The van der Waals surface area contributed by atoms with Crippen LogP contribution in [0.2, 0.25) is 0 Å². The molecule has 0 aromatic carbocycles. The van der Waals surface area contributed by atoms with E-state index in [1.807, 2.05) is 13.0 Å². The summed E-state index contributed by atoms with van der Waals surface area (Å²) in [5.74, 6) is 0.842. The summed E-state index contributed by atoms with van der Waals surface area (Å²) in [6, 6.07) is 0. The number of aliphatic hydroxyl groups excluding tert-OH is 1. The largest absolute Gasteiger partial charge is 0.393 e. The summed E-state index contributed by atoms with van der Waals surface area (Å²) >= 11 is 2.98. The van der Waals surface area contributed by atoms with Crippen molar-refractivity contribution in [2.45, 2.75) is 101 Å². The monoisotopic (exact) mass is 517 g/mol. The Morgan fingerprint density at radius 3 is 2.66 bits per heavy atom. The maximum absolute atomic E-state index is 13.6. The summed E-state index contributed by atoms with van der Waals surface area (Å²) in [4.78, 5) is 30.4. The number of nitrogens with zero attached hydrogens (tertiary/aromatic N) is 1. The molecule has 3 fully saturated rings. The van der Waals surface area contributed by atoms with E-state index in [1.165, 1.54) is 17.3 Å². The van der Waals surface area contributed by atoms with Crippen molar-refractivity contribution in [2.24, 2.45) is 28.6 Å². The Morgan fingerprint density at radius 2 is 1.97 bits per heavy atom. The number of rotatable bonds is 4. The fraction of sp³-hybridized carbons (Fsp3) is 0.750. The van der Waals surface area contributed by atoms with E-state index in [4.69, 9.17) is 4.98 Å². The van der Waals surface area contributed by atoms with Gasteiger partial charge in [-0.3, -0.25) is 9.59 Å². The molecule has 5 nitrogen and oxygen atoms in total. The second kappa shape index (κ2) is 8.50. The van der Waals surface area contributed by atoms with Gasteiger partial charge in [0, 0.05) is 22.6 Å². The Kier molecular flexibility index (Phi) is 6.23. The van der Waals surface area contributed by atoms with Crippen molar-refractivity contribution >= 4 is 34.7 Å². The van der Waals surface area contributed by atoms with Gasteiger partial charge >= 0.3 is 0 Å². The van der Waals surface area contributed by atoms with E-state index in [1.54, 1.807) is 11.3 Å². The molecule has 1 aromatic heterocycles. The molecule has 7 heteroatoms. The summed E-state index contributed by atoms with van der Waals surface area (Å²) in [6.45, 7) is 10.7. The van der Waals surface area contributed by atoms with Crippen LogP contribution in [-0.4, -0.2) is 44.2 Å². The molecule has 2 N–H and O–H groups in total. The standard InChI is InChI=1S/C28H39NO4S2/c1-25(2,3)21-14-34-24(29-21)35-15-22(32)28(33)11-9-19-18-7-6-16-12-17(30)8-10-26(16,4)23(18)20(31)13-27(19,28)5/h12,14,18-20,23,31,33H,6-11,13,15H2,1-5H3/t18?,19?,20?,23?,26?,27?,28-/m0/s1. The van der Waals surface area contributed by atoms with Gasteiger partial charge in [0.15, 0.2) is 15.9 Å². The Bertz CT molecular complexity index is 1070. The molecular formula is C28H39NO4S2. The number of allylic oxidation sites excluding steroid dienone is 1. The van der Waals surface area contributed by atoms with Gasteiger partial charge < -0.3 is 10.2 Å². The SMILES string of the molecule is CC(C)(C)c1csc(SCC(=O)[C@@]2(O)CCC3C4CCC5=CC(=O)CCC5(C)C4C(O)CC32C)n1. The lowest BCUT2D eigenvalue weighted by Crippen LogP contribution is -2.61. The van der Waals surface area contributed by atoms with Gasteiger partial charge in [0.1, 0.15) is 5.60 Å². The Morgan fingerprint density at radius 1 is 1.23 bits per heavy atom. The van der Waals surface area contributed by atoms with Gasteiger partial charge in [-0.15, -0.1) is 11.3 Å². The van der Waals surface area contributed by atoms with Gasteiger partial charge in [-0.1, -0.05) is 52.0 Å². The van der Waals surface area contributed by atoms with Crippen molar-refractivity contribution in [1.29, 1.82) is 0 Å². The van der Waals surface area contributed by atoms with Crippen molar-refractivity contribution in [3.63, 3.8) is 0 Å². The fourth-order valence-electron chi connectivity index (χ4n) is 8.06. The van der Waals surface area contributed by atoms with Crippen molar-refractivity contribution < 1.29 is 19.8 Å². The zero-order valence-corrected chi connectivity index (χ0v) is 23.2. The van der Waals surface area contributed by atoms with Crippen molar-refractivity contribution in [3.05, 3.63) is 22.7 Å². The van der Waals surface area contributed by atoms with Crippen LogP contribution in [-0.2, 0) is 15.0 Å². The summed E-state index contributed by atoms with van der Waals surface area (Å²) in [5, 5.41) is 25.5. The van der Waals surface area contributed by atoms with Gasteiger partial charge in [-0.05, 0) is 67.8 Å². The quantitative estimate of drug-likeness (QED) is 0.525. The molecule has 0 spiro atoms. The van der Waals surface area contributed by atoms with E-state index < -0.39 is 17.1 Å². The molecule has 35 heavy (non-hydrogen) atoms. The predicted octanol–water partition coefficient (Wildman–Crippen LogP) is 5.34. The zero-order valence-electron chi connectivity index (χ0n) is 21.6. The number of fused-ring (bicyclic) bond motifs is 5. The Labute approximate surface area is 217 Å². The predicted molar refractivity (Wildman–Crippen MR) is 140 cm³/mol. The number of hydrogen-bond donors (Lipinski definition) is 2. The average Bonchev–Trinajstić information content (AvgIpc) is 3.36. The molecule has 0 aliphatic heterocycles. The number of carbonyl (C=O) groups excluding carboxylic acids is 2. The minimum absolute atomic E-state index is 0.0320. The highest BCUT2D eigenvalue weighted by atomic mass is 32.2. The lowest BCUT2D eigenvalue weighted by molar-refractivity contribution is -0.178. The number of aliphatic hydroxyl groups is 2. The van der Waals surface area contributed by atoms with Crippen molar-refractivity contribution in [1.82, 2.24) is 4.98 Å². The molecule has 5 rings (SSSR count). The molecule has 0 radical (unpaired) electrons. The van der Waals surface area contributed by atoms with E-state index in [0.717, 1.165) is 35.7 Å². The highest BCUT2D eigenvalue weighted by Gasteiger charge is 2.68.